The maximum atomic E-state index is 12.8. The third-order valence-electron chi connectivity index (χ3n) is 6.23. The summed E-state index contributed by atoms with van der Waals surface area (Å²) in [5.41, 5.74) is -0.955. The highest BCUT2D eigenvalue weighted by Crippen LogP contribution is 2.44. The normalized spacial score (nSPS) is 18.3. The first kappa shape index (κ1) is 26.0. The van der Waals surface area contributed by atoms with Crippen molar-refractivity contribution in [3.05, 3.63) is 60.2 Å². The summed E-state index contributed by atoms with van der Waals surface area (Å²) < 4.78 is 17.1. The summed E-state index contributed by atoms with van der Waals surface area (Å²) in [6.07, 6.45) is 3.51. The van der Waals surface area contributed by atoms with E-state index in [2.05, 4.69) is 0 Å². The number of nitrogens with zero attached hydrogens (tertiary/aromatic N) is 1. The molecule has 34 heavy (non-hydrogen) atoms. The fourth-order valence-corrected chi connectivity index (χ4v) is 4.59. The van der Waals surface area contributed by atoms with Gasteiger partial charge in [-0.25, -0.2) is 4.79 Å². The number of piperidine rings is 1. The Morgan fingerprint density at radius 2 is 1.76 bits per heavy atom. The molecule has 0 spiro atoms. The van der Waals surface area contributed by atoms with E-state index < -0.39 is 11.2 Å². The number of aliphatic hydroxyl groups is 1. The summed E-state index contributed by atoms with van der Waals surface area (Å²) in [7, 11) is 1.69. The molecule has 6 nitrogen and oxygen atoms in total. The van der Waals surface area contributed by atoms with Crippen LogP contribution >= 0.6 is 0 Å². The zero-order chi connectivity index (χ0) is 24.6. The minimum Gasteiger partial charge on any atom is -0.457 e. The molecule has 0 aliphatic carbocycles. The zero-order valence-electron chi connectivity index (χ0n) is 21.0. The Balaban J connectivity index is 1.90. The van der Waals surface area contributed by atoms with Gasteiger partial charge in [-0.1, -0.05) is 36.4 Å². The van der Waals surface area contributed by atoms with Crippen LogP contribution in [0.5, 0.6) is 11.5 Å². The van der Waals surface area contributed by atoms with E-state index in [9.17, 15) is 9.90 Å². The molecule has 2 unspecified atom stereocenters. The maximum Gasteiger partial charge on any atom is 0.410 e. The smallest absolute Gasteiger partial charge is 0.410 e. The Morgan fingerprint density at radius 1 is 1.06 bits per heavy atom. The van der Waals surface area contributed by atoms with Crippen molar-refractivity contribution in [3.63, 3.8) is 0 Å². The van der Waals surface area contributed by atoms with Gasteiger partial charge in [-0.05, 0) is 71.1 Å². The molecule has 1 amide bonds. The van der Waals surface area contributed by atoms with Gasteiger partial charge in [-0.15, -0.1) is 0 Å². The second-order valence-electron chi connectivity index (χ2n) is 10.1. The van der Waals surface area contributed by atoms with Gasteiger partial charge in [0.05, 0.1) is 5.60 Å². The lowest BCUT2D eigenvalue weighted by Crippen LogP contribution is -2.49. The monoisotopic (exact) mass is 469 g/mol. The topological polar surface area (TPSA) is 68.2 Å². The van der Waals surface area contributed by atoms with E-state index in [1.807, 2.05) is 75.4 Å². The molecule has 1 N–H and O–H groups in total. The minimum absolute atomic E-state index is 0.142. The molecule has 1 fully saturated rings. The van der Waals surface area contributed by atoms with Crippen LogP contribution in [0.15, 0.2) is 54.6 Å². The predicted molar refractivity (Wildman–Crippen MR) is 133 cm³/mol. The van der Waals surface area contributed by atoms with Gasteiger partial charge in [0.25, 0.3) is 0 Å². The summed E-state index contributed by atoms with van der Waals surface area (Å²) in [6, 6.07) is 17.3. The van der Waals surface area contributed by atoms with Gasteiger partial charge in [0, 0.05) is 38.3 Å². The second-order valence-corrected chi connectivity index (χ2v) is 10.1. The SMILES string of the molecule is COCCCCC(O)(c1ccccc1Oc1ccccc1)C1CCCN(C(=O)OC(C)(C)C)C1. The molecule has 0 aromatic heterocycles. The summed E-state index contributed by atoms with van der Waals surface area (Å²) in [6.45, 7) is 7.33. The van der Waals surface area contributed by atoms with Crippen molar-refractivity contribution in [1.82, 2.24) is 4.90 Å². The van der Waals surface area contributed by atoms with Crippen LogP contribution in [0, 0.1) is 5.92 Å². The highest BCUT2D eigenvalue weighted by Gasteiger charge is 2.43. The largest absolute Gasteiger partial charge is 0.457 e. The number of hydrogen-bond acceptors (Lipinski definition) is 5. The fraction of sp³-hybridized carbons (Fsp3) is 0.536. The van der Waals surface area contributed by atoms with Gasteiger partial charge in [0.15, 0.2) is 0 Å². The number of para-hydroxylation sites is 2. The lowest BCUT2D eigenvalue weighted by molar-refractivity contribution is -0.0651. The molecule has 1 saturated heterocycles. The molecule has 2 aromatic rings. The van der Waals surface area contributed by atoms with E-state index in [0.717, 1.165) is 37.0 Å². The van der Waals surface area contributed by atoms with E-state index >= 15 is 0 Å². The van der Waals surface area contributed by atoms with Crippen molar-refractivity contribution in [3.8, 4) is 11.5 Å². The third kappa shape index (κ3) is 6.97. The number of hydrogen-bond donors (Lipinski definition) is 1. The van der Waals surface area contributed by atoms with Gasteiger partial charge in [0.2, 0.25) is 0 Å². The lowest BCUT2D eigenvalue weighted by atomic mass is 9.73. The standard InChI is InChI=1S/C28H39NO5/c1-27(2,3)34-26(30)29-19-12-13-22(21-29)28(31,18-10-11-20-32-4)24-16-8-9-17-25(24)33-23-14-6-5-7-15-23/h5-9,14-17,22,31H,10-13,18-21H2,1-4H3. The van der Waals surface area contributed by atoms with E-state index in [-0.39, 0.29) is 12.0 Å². The van der Waals surface area contributed by atoms with Gasteiger partial charge in [0.1, 0.15) is 17.1 Å². The van der Waals surface area contributed by atoms with E-state index in [0.29, 0.717) is 31.9 Å². The zero-order valence-corrected chi connectivity index (χ0v) is 21.0. The summed E-state index contributed by atoms with van der Waals surface area (Å²) in [4.78, 5) is 14.5. The predicted octanol–water partition coefficient (Wildman–Crippen LogP) is 6.13. The fourth-order valence-electron chi connectivity index (χ4n) is 4.59. The van der Waals surface area contributed by atoms with Crippen LogP contribution in [-0.2, 0) is 15.1 Å². The Hall–Kier alpha value is -2.57. The Kier molecular flexibility index (Phi) is 8.97. The first-order chi connectivity index (χ1) is 16.2. The first-order valence-electron chi connectivity index (χ1n) is 12.2. The van der Waals surface area contributed by atoms with Crippen molar-refractivity contribution < 1.29 is 24.1 Å². The number of likely N-dealkylation sites (tertiary alicyclic amines) is 1. The molecule has 0 radical (unpaired) electrons. The van der Waals surface area contributed by atoms with E-state index in [4.69, 9.17) is 14.2 Å². The number of rotatable bonds is 9. The van der Waals surface area contributed by atoms with Gasteiger partial charge in [-0.3, -0.25) is 0 Å². The number of benzene rings is 2. The van der Waals surface area contributed by atoms with Crippen molar-refractivity contribution in [2.75, 3.05) is 26.8 Å². The number of unbranched alkanes of at least 4 members (excludes halogenated alkanes) is 1. The minimum atomic E-state index is -1.15. The Bertz CT molecular complexity index is 911. The average Bonchev–Trinajstić information content (AvgIpc) is 2.82. The number of carbonyl (C=O) groups excluding carboxylic acids is 1. The molecule has 3 rings (SSSR count). The molecule has 0 bridgehead atoms. The number of amides is 1. The van der Waals surface area contributed by atoms with E-state index in [1.165, 1.54) is 0 Å². The van der Waals surface area contributed by atoms with Crippen molar-refractivity contribution >= 4 is 6.09 Å². The van der Waals surface area contributed by atoms with Crippen LogP contribution in [0.25, 0.3) is 0 Å². The van der Waals surface area contributed by atoms with Gasteiger partial charge < -0.3 is 24.2 Å². The van der Waals surface area contributed by atoms with Crippen molar-refractivity contribution in [2.24, 2.45) is 5.92 Å². The molecule has 2 atom stereocenters. The number of methoxy groups -OCH3 is 1. The Labute approximate surface area is 203 Å². The molecule has 1 aliphatic heterocycles. The summed E-state index contributed by atoms with van der Waals surface area (Å²) in [5.74, 6) is 1.21. The van der Waals surface area contributed by atoms with Crippen molar-refractivity contribution in [1.29, 1.82) is 0 Å². The van der Waals surface area contributed by atoms with Gasteiger partial charge >= 0.3 is 6.09 Å². The second kappa shape index (κ2) is 11.7. The van der Waals surface area contributed by atoms with Crippen LogP contribution < -0.4 is 4.74 Å². The molecule has 0 saturated carbocycles. The maximum absolute atomic E-state index is 12.8. The van der Waals surface area contributed by atoms with Gasteiger partial charge in [-0.2, -0.15) is 0 Å². The highest BCUT2D eigenvalue weighted by molar-refractivity contribution is 5.68. The van der Waals surface area contributed by atoms with Crippen LogP contribution in [0.4, 0.5) is 4.79 Å². The van der Waals surface area contributed by atoms with Crippen LogP contribution in [0.3, 0.4) is 0 Å². The highest BCUT2D eigenvalue weighted by atomic mass is 16.6. The van der Waals surface area contributed by atoms with Crippen LogP contribution in [0.1, 0.15) is 58.4 Å². The Morgan fingerprint density at radius 3 is 2.47 bits per heavy atom. The lowest BCUT2D eigenvalue weighted by Gasteiger charge is -2.43. The molecular formula is C28H39NO5. The summed E-state index contributed by atoms with van der Waals surface area (Å²) in [5, 5.41) is 12.3. The third-order valence-corrected chi connectivity index (χ3v) is 6.23. The number of carbonyl (C=O) groups is 1. The molecule has 1 aliphatic rings. The summed E-state index contributed by atoms with van der Waals surface area (Å²) >= 11 is 0. The molecule has 6 heteroatoms. The van der Waals surface area contributed by atoms with Crippen LogP contribution in [-0.4, -0.2) is 48.5 Å². The van der Waals surface area contributed by atoms with E-state index in [1.54, 1.807) is 12.0 Å². The van der Waals surface area contributed by atoms with Crippen LogP contribution in [0.2, 0.25) is 0 Å². The quantitative estimate of drug-likeness (QED) is 0.448. The van der Waals surface area contributed by atoms with Crippen molar-refractivity contribution in [2.45, 2.75) is 64.1 Å². The number of ether oxygens (including phenoxy) is 3. The molecular weight excluding hydrogens is 430 g/mol. The molecule has 186 valence electrons. The average molecular weight is 470 g/mol. The molecule has 1 heterocycles. The molecule has 2 aromatic carbocycles. The first-order valence-corrected chi connectivity index (χ1v) is 12.2.